The van der Waals surface area contributed by atoms with Gasteiger partial charge in [0, 0.05) is 17.6 Å². The second-order valence-electron chi connectivity index (χ2n) is 4.65. The van der Waals surface area contributed by atoms with Gasteiger partial charge in [-0.3, -0.25) is 4.79 Å². The molecule has 1 aliphatic rings. The fourth-order valence-corrected chi connectivity index (χ4v) is 2.72. The number of nitrogens with two attached hydrogens (primary N) is 1. The Bertz CT molecular complexity index is 519. The third-order valence-corrected chi connectivity index (χ3v) is 3.85. The highest BCUT2D eigenvalue weighted by Crippen LogP contribution is 2.29. The Morgan fingerprint density at radius 3 is 2.79 bits per heavy atom. The summed E-state index contributed by atoms with van der Waals surface area (Å²) >= 11 is 3.34. The van der Waals surface area contributed by atoms with E-state index in [1.165, 1.54) is 0 Å². The molecule has 2 rings (SSSR count). The summed E-state index contributed by atoms with van der Waals surface area (Å²) in [7, 11) is 0. The van der Waals surface area contributed by atoms with E-state index in [-0.39, 0.29) is 17.4 Å². The Kier molecular flexibility index (Phi) is 4.09. The lowest BCUT2D eigenvalue weighted by molar-refractivity contribution is -0.122. The normalized spacial score (nSPS) is 19.2. The lowest BCUT2D eigenvalue weighted by Gasteiger charge is -2.33. The molecule has 1 heterocycles. The van der Waals surface area contributed by atoms with Crippen LogP contribution in [0.1, 0.15) is 23.2 Å². The zero-order chi connectivity index (χ0) is 14.0. The molecule has 0 aliphatic carbocycles. The fourth-order valence-electron chi connectivity index (χ4n) is 2.38. The number of primary amides is 1. The van der Waals surface area contributed by atoms with Crippen LogP contribution in [0.15, 0.2) is 22.7 Å². The molecule has 102 valence electrons. The van der Waals surface area contributed by atoms with E-state index in [0.717, 1.165) is 23.9 Å². The van der Waals surface area contributed by atoms with Gasteiger partial charge in [0.25, 0.3) is 0 Å². The first-order valence-electron chi connectivity index (χ1n) is 6.06. The Labute approximate surface area is 119 Å². The summed E-state index contributed by atoms with van der Waals surface area (Å²) in [4.78, 5) is 24.5. The molecule has 0 bridgehead atoms. The molecule has 19 heavy (non-hydrogen) atoms. The van der Waals surface area contributed by atoms with E-state index in [1.807, 2.05) is 4.90 Å². The number of carboxylic acids is 1. The van der Waals surface area contributed by atoms with E-state index in [4.69, 9.17) is 5.73 Å². The van der Waals surface area contributed by atoms with Crippen molar-refractivity contribution in [1.82, 2.24) is 0 Å². The van der Waals surface area contributed by atoms with Gasteiger partial charge < -0.3 is 15.7 Å². The van der Waals surface area contributed by atoms with Crippen molar-refractivity contribution in [3.05, 3.63) is 28.2 Å². The van der Waals surface area contributed by atoms with Gasteiger partial charge in [-0.2, -0.15) is 0 Å². The van der Waals surface area contributed by atoms with Crippen LogP contribution < -0.4 is 10.6 Å². The molecule has 1 unspecified atom stereocenters. The molecular weight excluding hydrogens is 312 g/mol. The molecule has 1 aromatic rings. The number of benzene rings is 1. The summed E-state index contributed by atoms with van der Waals surface area (Å²) in [6.07, 6.45) is 1.60. The number of carbonyl (C=O) groups is 2. The fraction of sp³-hybridized carbons (Fsp3) is 0.385. The number of amides is 1. The number of carboxylic acid groups (broad SMARTS) is 1. The van der Waals surface area contributed by atoms with E-state index in [9.17, 15) is 14.7 Å². The molecule has 1 saturated heterocycles. The molecule has 0 aromatic heterocycles. The predicted molar refractivity (Wildman–Crippen MR) is 75.2 cm³/mol. The number of anilines is 1. The molecule has 5 nitrogen and oxygen atoms in total. The van der Waals surface area contributed by atoms with E-state index in [1.54, 1.807) is 18.2 Å². The Morgan fingerprint density at radius 1 is 1.42 bits per heavy atom. The number of halogens is 1. The van der Waals surface area contributed by atoms with Crippen molar-refractivity contribution in [2.24, 2.45) is 11.7 Å². The van der Waals surface area contributed by atoms with Gasteiger partial charge >= 0.3 is 5.97 Å². The van der Waals surface area contributed by atoms with Crippen LogP contribution in [0, 0.1) is 5.92 Å². The van der Waals surface area contributed by atoms with Crippen molar-refractivity contribution >= 4 is 33.5 Å². The summed E-state index contributed by atoms with van der Waals surface area (Å²) in [5.74, 6) is -1.50. The quantitative estimate of drug-likeness (QED) is 0.887. The molecule has 1 aliphatic heterocycles. The maximum Gasteiger partial charge on any atom is 0.337 e. The smallest absolute Gasteiger partial charge is 0.337 e. The summed E-state index contributed by atoms with van der Waals surface area (Å²) in [6, 6.07) is 5.03. The van der Waals surface area contributed by atoms with Crippen LogP contribution in [0.5, 0.6) is 0 Å². The Balaban J connectivity index is 2.32. The third-order valence-electron chi connectivity index (χ3n) is 3.35. The standard InChI is InChI=1S/C13H15BrN2O3/c14-9-3-4-10(13(18)19)11(6-9)16-5-1-2-8(7-16)12(15)17/h3-4,6,8H,1-2,5,7H2,(H2,15,17)(H,18,19). The molecule has 0 spiro atoms. The zero-order valence-corrected chi connectivity index (χ0v) is 11.9. The van der Waals surface area contributed by atoms with E-state index in [2.05, 4.69) is 15.9 Å². The molecule has 0 radical (unpaired) electrons. The maximum absolute atomic E-state index is 11.3. The molecular formula is C13H15BrN2O3. The van der Waals surface area contributed by atoms with Gasteiger partial charge in [-0.15, -0.1) is 0 Å². The number of aromatic carboxylic acids is 1. The highest BCUT2D eigenvalue weighted by Gasteiger charge is 2.26. The van der Waals surface area contributed by atoms with E-state index < -0.39 is 5.97 Å². The number of hydrogen-bond acceptors (Lipinski definition) is 3. The molecule has 1 amide bonds. The van der Waals surface area contributed by atoms with Crippen LogP contribution in [0.2, 0.25) is 0 Å². The molecule has 6 heteroatoms. The largest absolute Gasteiger partial charge is 0.478 e. The first kappa shape index (κ1) is 13.9. The van der Waals surface area contributed by atoms with Crippen LogP contribution in [0.3, 0.4) is 0 Å². The maximum atomic E-state index is 11.3. The van der Waals surface area contributed by atoms with Crippen molar-refractivity contribution in [2.75, 3.05) is 18.0 Å². The summed E-state index contributed by atoms with van der Waals surface area (Å²) in [5, 5.41) is 9.23. The minimum atomic E-state index is -0.969. The van der Waals surface area contributed by atoms with Crippen molar-refractivity contribution in [1.29, 1.82) is 0 Å². The zero-order valence-electron chi connectivity index (χ0n) is 10.3. The highest BCUT2D eigenvalue weighted by molar-refractivity contribution is 9.10. The minimum Gasteiger partial charge on any atom is -0.478 e. The number of nitrogens with zero attached hydrogens (tertiary/aromatic N) is 1. The van der Waals surface area contributed by atoms with Crippen molar-refractivity contribution in [3.63, 3.8) is 0 Å². The second-order valence-corrected chi connectivity index (χ2v) is 5.57. The Hall–Kier alpha value is -1.56. The van der Waals surface area contributed by atoms with Gasteiger partial charge in [0.15, 0.2) is 0 Å². The molecule has 0 saturated carbocycles. The first-order valence-corrected chi connectivity index (χ1v) is 6.85. The van der Waals surface area contributed by atoms with Gasteiger partial charge in [-0.05, 0) is 31.0 Å². The second kappa shape index (κ2) is 5.61. The van der Waals surface area contributed by atoms with Crippen molar-refractivity contribution < 1.29 is 14.7 Å². The lowest BCUT2D eigenvalue weighted by Crippen LogP contribution is -2.41. The van der Waals surface area contributed by atoms with Crippen molar-refractivity contribution in [2.45, 2.75) is 12.8 Å². The number of rotatable bonds is 3. The summed E-state index contributed by atoms with van der Waals surface area (Å²) < 4.78 is 0.814. The van der Waals surface area contributed by atoms with Gasteiger partial charge in [0.05, 0.1) is 17.2 Å². The molecule has 1 aromatic carbocycles. The van der Waals surface area contributed by atoms with Gasteiger partial charge in [-0.1, -0.05) is 15.9 Å². The molecule has 3 N–H and O–H groups in total. The third kappa shape index (κ3) is 3.07. The molecule has 1 fully saturated rings. The average molecular weight is 327 g/mol. The van der Waals surface area contributed by atoms with Crippen LogP contribution in [0.25, 0.3) is 0 Å². The predicted octanol–water partition coefficient (Wildman–Crippen LogP) is 1.85. The number of carbonyl (C=O) groups excluding carboxylic acids is 1. The van der Waals surface area contributed by atoms with E-state index >= 15 is 0 Å². The highest BCUT2D eigenvalue weighted by atomic mass is 79.9. The average Bonchev–Trinajstić information content (AvgIpc) is 2.38. The van der Waals surface area contributed by atoms with Gasteiger partial charge in [-0.25, -0.2) is 4.79 Å². The van der Waals surface area contributed by atoms with Gasteiger partial charge in [0.1, 0.15) is 0 Å². The topological polar surface area (TPSA) is 83.6 Å². The van der Waals surface area contributed by atoms with Crippen molar-refractivity contribution in [3.8, 4) is 0 Å². The first-order chi connectivity index (χ1) is 8.99. The SMILES string of the molecule is NC(=O)C1CCCN(c2cc(Br)ccc2C(=O)O)C1. The summed E-state index contributed by atoms with van der Waals surface area (Å²) in [5.41, 5.74) is 6.22. The van der Waals surface area contributed by atoms with E-state index in [0.29, 0.717) is 12.2 Å². The summed E-state index contributed by atoms with van der Waals surface area (Å²) in [6.45, 7) is 1.21. The molecule has 1 atom stereocenters. The van der Waals surface area contributed by atoms with Crippen LogP contribution in [0.4, 0.5) is 5.69 Å². The number of hydrogen-bond donors (Lipinski definition) is 2. The number of piperidine rings is 1. The minimum absolute atomic E-state index is 0.214. The van der Waals surface area contributed by atoms with Crippen LogP contribution >= 0.6 is 15.9 Å². The van der Waals surface area contributed by atoms with Gasteiger partial charge in [0.2, 0.25) is 5.91 Å². The van der Waals surface area contributed by atoms with Crippen LogP contribution in [-0.4, -0.2) is 30.1 Å². The monoisotopic (exact) mass is 326 g/mol. The lowest BCUT2D eigenvalue weighted by atomic mass is 9.96. The van der Waals surface area contributed by atoms with Crippen LogP contribution in [-0.2, 0) is 4.79 Å². The Morgan fingerprint density at radius 2 is 2.16 bits per heavy atom.